The van der Waals surface area contributed by atoms with Gasteiger partial charge in [0, 0.05) is 24.0 Å². The van der Waals surface area contributed by atoms with Crippen molar-refractivity contribution in [3.8, 4) is 28.6 Å². The summed E-state index contributed by atoms with van der Waals surface area (Å²) in [5.41, 5.74) is -0.306. The number of nitrogens with zero attached hydrogens (tertiary/aromatic N) is 4. The Labute approximate surface area is 229 Å². The van der Waals surface area contributed by atoms with E-state index in [0.717, 1.165) is 24.5 Å². The molecule has 1 saturated carbocycles. The molecule has 3 heterocycles. The Morgan fingerprint density at radius 1 is 1.07 bits per heavy atom. The highest BCUT2D eigenvalue weighted by Gasteiger charge is 2.44. The van der Waals surface area contributed by atoms with Crippen LogP contribution in [0.5, 0.6) is 0 Å². The number of fused-ring (bicyclic) bond motifs is 1. The number of benzene rings is 1. The minimum absolute atomic E-state index is 0.0931. The number of halogens is 4. The Morgan fingerprint density at radius 3 is 2.30 bits per heavy atom. The van der Waals surface area contributed by atoms with Crippen molar-refractivity contribution in [2.75, 3.05) is 5.75 Å². The quantitative estimate of drug-likeness (QED) is 0.219. The van der Waals surface area contributed by atoms with Crippen LogP contribution < -0.4 is 0 Å². The van der Waals surface area contributed by atoms with Gasteiger partial charge in [0.25, 0.3) is 0 Å². The first-order valence-electron chi connectivity index (χ1n) is 12.9. The lowest BCUT2D eigenvalue weighted by atomic mass is 9.95. The van der Waals surface area contributed by atoms with Gasteiger partial charge in [0.15, 0.2) is 15.7 Å². The minimum atomic E-state index is -4.69. The Kier molecular flexibility index (Phi) is 6.73. The van der Waals surface area contributed by atoms with Gasteiger partial charge in [0.2, 0.25) is 0 Å². The predicted octanol–water partition coefficient (Wildman–Crippen LogP) is 7.24. The second kappa shape index (κ2) is 9.70. The molecule has 11 heteroatoms. The summed E-state index contributed by atoms with van der Waals surface area (Å²) in [7, 11) is -3.95. The Bertz CT molecular complexity index is 1770. The summed E-state index contributed by atoms with van der Waals surface area (Å²) in [5.74, 6) is -1.23. The molecular weight excluding hydrogens is 544 g/mol. The molecular formula is C29H26F4N4O2S. The maximum atomic E-state index is 16.0. The Morgan fingerprint density at radius 2 is 1.75 bits per heavy atom. The number of rotatable bonds is 7. The van der Waals surface area contributed by atoms with Crippen LogP contribution in [0.25, 0.3) is 33.5 Å². The number of alkyl halides is 3. The third-order valence-corrected chi connectivity index (χ3v) is 9.41. The third-order valence-electron chi connectivity index (χ3n) is 7.67. The molecule has 0 amide bonds. The maximum absolute atomic E-state index is 16.0. The monoisotopic (exact) mass is 570 g/mol. The van der Waals surface area contributed by atoms with Gasteiger partial charge in [-0.25, -0.2) is 12.8 Å². The number of nitriles is 1. The van der Waals surface area contributed by atoms with Crippen molar-refractivity contribution >= 4 is 20.9 Å². The molecule has 208 valence electrons. The van der Waals surface area contributed by atoms with E-state index in [9.17, 15) is 26.9 Å². The summed E-state index contributed by atoms with van der Waals surface area (Å²) < 4.78 is 84.4. The second-order valence-electron chi connectivity index (χ2n) is 10.1. The van der Waals surface area contributed by atoms with Gasteiger partial charge in [-0.05, 0) is 49.4 Å². The van der Waals surface area contributed by atoms with Gasteiger partial charge in [-0.3, -0.25) is 9.97 Å². The van der Waals surface area contributed by atoms with Crippen molar-refractivity contribution in [2.45, 2.75) is 62.6 Å². The molecule has 0 bridgehead atoms. The molecule has 1 fully saturated rings. The Balaban J connectivity index is 1.73. The molecule has 0 spiro atoms. The third kappa shape index (κ3) is 4.54. The highest BCUT2D eigenvalue weighted by molar-refractivity contribution is 7.91. The van der Waals surface area contributed by atoms with E-state index in [2.05, 4.69) is 16.0 Å². The summed E-state index contributed by atoms with van der Waals surface area (Å²) in [5, 5.41) is 9.48. The van der Waals surface area contributed by atoms with Crippen LogP contribution in [-0.4, -0.2) is 28.7 Å². The molecule has 6 nitrogen and oxygen atoms in total. The van der Waals surface area contributed by atoms with Gasteiger partial charge >= 0.3 is 6.18 Å². The first-order chi connectivity index (χ1) is 18.9. The molecule has 5 rings (SSSR count). The molecule has 40 heavy (non-hydrogen) atoms. The molecule has 4 aromatic rings. The molecule has 1 aliphatic carbocycles. The van der Waals surface area contributed by atoms with E-state index in [0.29, 0.717) is 23.7 Å². The summed E-state index contributed by atoms with van der Waals surface area (Å²) in [4.78, 5) is 7.95. The Hall–Kier alpha value is -3.78. The van der Waals surface area contributed by atoms with E-state index in [4.69, 9.17) is 0 Å². The van der Waals surface area contributed by atoms with Gasteiger partial charge in [0.05, 0.1) is 33.2 Å². The van der Waals surface area contributed by atoms with Crippen LogP contribution in [0.1, 0.15) is 57.2 Å². The SMILES string of the molecule is CCC(C)n1c(-c2ncc(-c3ccc(C4(C#N)CC4)cc3)cc2S(=O)(=O)CC)c(F)c2ncc(C(F)(F)F)cc21. The summed E-state index contributed by atoms with van der Waals surface area (Å²) in [6.45, 7) is 4.96. The largest absolute Gasteiger partial charge is 0.417 e. The molecule has 3 aromatic heterocycles. The van der Waals surface area contributed by atoms with Crippen LogP contribution in [0, 0.1) is 17.1 Å². The van der Waals surface area contributed by atoms with Gasteiger partial charge < -0.3 is 4.57 Å². The fourth-order valence-corrected chi connectivity index (χ4v) is 5.96. The van der Waals surface area contributed by atoms with Crippen LogP contribution in [-0.2, 0) is 21.4 Å². The van der Waals surface area contributed by atoms with Crippen molar-refractivity contribution in [3.05, 3.63) is 65.7 Å². The lowest BCUT2D eigenvalue weighted by molar-refractivity contribution is -0.137. The van der Waals surface area contributed by atoms with Crippen molar-refractivity contribution in [1.29, 1.82) is 5.26 Å². The maximum Gasteiger partial charge on any atom is 0.417 e. The molecule has 1 unspecified atom stereocenters. The fraction of sp³-hybridized carbons (Fsp3) is 0.345. The van der Waals surface area contributed by atoms with E-state index >= 15 is 4.39 Å². The molecule has 1 atom stereocenters. The van der Waals surface area contributed by atoms with Gasteiger partial charge in [0.1, 0.15) is 16.9 Å². The predicted molar refractivity (Wildman–Crippen MR) is 143 cm³/mol. The number of hydrogen-bond donors (Lipinski definition) is 0. The van der Waals surface area contributed by atoms with Crippen LogP contribution in [0.4, 0.5) is 17.6 Å². The van der Waals surface area contributed by atoms with E-state index in [1.165, 1.54) is 23.8 Å². The van der Waals surface area contributed by atoms with Crippen LogP contribution in [0.15, 0.2) is 53.7 Å². The van der Waals surface area contributed by atoms with Crippen molar-refractivity contribution < 1.29 is 26.0 Å². The average Bonchev–Trinajstić information content (AvgIpc) is 3.70. The summed E-state index contributed by atoms with van der Waals surface area (Å²) >= 11 is 0. The average molecular weight is 571 g/mol. The van der Waals surface area contributed by atoms with Crippen LogP contribution in [0.3, 0.4) is 0 Å². The zero-order valence-corrected chi connectivity index (χ0v) is 22.9. The molecule has 0 radical (unpaired) electrons. The molecule has 1 aliphatic rings. The van der Waals surface area contributed by atoms with Crippen molar-refractivity contribution in [1.82, 2.24) is 14.5 Å². The fourth-order valence-electron chi connectivity index (χ4n) is 4.90. The van der Waals surface area contributed by atoms with Crippen molar-refractivity contribution in [2.24, 2.45) is 0 Å². The van der Waals surface area contributed by atoms with E-state index in [1.54, 1.807) is 26.0 Å². The topological polar surface area (TPSA) is 88.6 Å². The number of pyridine rings is 2. The second-order valence-corrected chi connectivity index (χ2v) is 12.4. The van der Waals surface area contributed by atoms with Gasteiger partial charge in [-0.2, -0.15) is 18.4 Å². The van der Waals surface area contributed by atoms with Crippen LogP contribution >= 0.6 is 0 Å². The number of sulfone groups is 1. The lowest BCUT2D eigenvalue weighted by Crippen LogP contribution is -2.12. The molecule has 1 aromatic carbocycles. The molecule has 0 N–H and O–H groups in total. The van der Waals surface area contributed by atoms with Gasteiger partial charge in [-0.15, -0.1) is 0 Å². The van der Waals surface area contributed by atoms with E-state index in [1.807, 2.05) is 12.1 Å². The first kappa shape index (κ1) is 27.8. The molecule has 0 aliphatic heterocycles. The summed E-state index contributed by atoms with van der Waals surface area (Å²) in [6.07, 6.45) is -0.709. The van der Waals surface area contributed by atoms with Crippen molar-refractivity contribution in [3.63, 3.8) is 0 Å². The zero-order valence-electron chi connectivity index (χ0n) is 22.1. The van der Waals surface area contributed by atoms with E-state index < -0.39 is 38.9 Å². The highest BCUT2D eigenvalue weighted by atomic mass is 32.2. The zero-order chi connectivity index (χ0) is 29.0. The number of hydrogen-bond acceptors (Lipinski definition) is 5. The summed E-state index contributed by atoms with van der Waals surface area (Å²) in [6, 6.07) is 11.3. The minimum Gasteiger partial charge on any atom is -0.333 e. The lowest BCUT2D eigenvalue weighted by Gasteiger charge is -2.19. The van der Waals surface area contributed by atoms with Crippen LogP contribution in [0.2, 0.25) is 0 Å². The van der Waals surface area contributed by atoms with Gasteiger partial charge in [-0.1, -0.05) is 38.1 Å². The highest BCUT2D eigenvalue weighted by Crippen LogP contribution is 2.48. The first-order valence-corrected chi connectivity index (χ1v) is 14.5. The smallest absolute Gasteiger partial charge is 0.333 e. The number of aromatic nitrogens is 3. The molecule has 0 saturated heterocycles. The normalized spacial score (nSPS) is 15.7. The van der Waals surface area contributed by atoms with E-state index in [-0.39, 0.29) is 33.1 Å². The standard InChI is InChI=1S/C29H26F4N4O2S/c1-4-17(3)37-22-13-21(29(31,32)33)15-36-25(22)24(30)27(37)26-23(40(38,39)5-2)12-19(14-35-26)18-6-8-20(9-7-18)28(16-34)10-11-28/h6-9,12-15,17H,4-5,10-11H2,1-3H3.